The van der Waals surface area contributed by atoms with Crippen LogP contribution in [0.4, 0.5) is 19.0 Å². The van der Waals surface area contributed by atoms with Gasteiger partial charge < -0.3 is 10.2 Å². The Kier molecular flexibility index (Phi) is 4.84. The van der Waals surface area contributed by atoms with Gasteiger partial charge in [0.05, 0.1) is 5.69 Å². The summed E-state index contributed by atoms with van der Waals surface area (Å²) < 4.78 is 39.7. The summed E-state index contributed by atoms with van der Waals surface area (Å²) >= 11 is 0. The van der Waals surface area contributed by atoms with E-state index in [0.29, 0.717) is 12.4 Å². The molecule has 0 fully saturated rings. The van der Waals surface area contributed by atoms with Crippen molar-refractivity contribution in [2.45, 2.75) is 39.5 Å². The van der Waals surface area contributed by atoms with Gasteiger partial charge in [0, 0.05) is 25.2 Å². The third-order valence-corrected chi connectivity index (χ3v) is 2.91. The molecule has 0 atom stereocenters. The van der Waals surface area contributed by atoms with Crippen molar-refractivity contribution in [1.29, 1.82) is 0 Å². The molecule has 0 aliphatic carbocycles. The number of alkyl halides is 3. The van der Waals surface area contributed by atoms with Gasteiger partial charge in [0.2, 0.25) is 0 Å². The lowest BCUT2D eigenvalue weighted by molar-refractivity contribution is -0.120. The van der Waals surface area contributed by atoms with Crippen LogP contribution in [-0.4, -0.2) is 35.6 Å². The average molecular weight is 278 g/mol. The van der Waals surface area contributed by atoms with Crippen LogP contribution in [0.5, 0.6) is 0 Å². The molecule has 0 bridgehead atoms. The highest BCUT2D eigenvalue weighted by atomic mass is 19.4. The number of halogens is 3. The van der Waals surface area contributed by atoms with E-state index >= 15 is 0 Å². The first-order valence-corrected chi connectivity index (χ1v) is 6.17. The van der Waals surface area contributed by atoms with Gasteiger partial charge in [-0.05, 0) is 27.8 Å². The topological polar surface area (TPSA) is 33.1 Å². The van der Waals surface area contributed by atoms with Gasteiger partial charge >= 0.3 is 6.18 Å². The summed E-state index contributed by atoms with van der Waals surface area (Å²) in [5, 5.41) is 7.20. The van der Waals surface area contributed by atoms with Crippen LogP contribution < -0.4 is 10.2 Å². The van der Waals surface area contributed by atoms with Crippen LogP contribution in [-0.2, 0) is 13.6 Å². The highest BCUT2D eigenvalue weighted by Crippen LogP contribution is 2.28. The summed E-state index contributed by atoms with van der Waals surface area (Å²) in [5.41, 5.74) is 1.56. The van der Waals surface area contributed by atoms with Crippen molar-refractivity contribution >= 4 is 5.82 Å². The van der Waals surface area contributed by atoms with E-state index in [0.717, 1.165) is 11.3 Å². The van der Waals surface area contributed by atoms with Crippen LogP contribution in [0, 0.1) is 6.92 Å². The van der Waals surface area contributed by atoms with E-state index < -0.39 is 12.7 Å². The number of hydrogen-bond donors (Lipinski definition) is 1. The van der Waals surface area contributed by atoms with E-state index in [-0.39, 0.29) is 6.04 Å². The monoisotopic (exact) mass is 278 g/mol. The van der Waals surface area contributed by atoms with Crippen molar-refractivity contribution in [3.63, 3.8) is 0 Å². The summed E-state index contributed by atoms with van der Waals surface area (Å²) in [4.78, 5) is 1.34. The summed E-state index contributed by atoms with van der Waals surface area (Å²) in [6.07, 6.45) is -4.24. The van der Waals surface area contributed by atoms with E-state index in [4.69, 9.17) is 0 Å². The van der Waals surface area contributed by atoms with Crippen molar-refractivity contribution in [1.82, 2.24) is 15.1 Å². The summed E-state index contributed by atoms with van der Waals surface area (Å²) in [7, 11) is 3.44. The number of hydrogen-bond acceptors (Lipinski definition) is 3. The highest BCUT2D eigenvalue weighted by molar-refractivity contribution is 5.51. The molecule has 1 N–H and O–H groups in total. The number of aromatic nitrogens is 2. The van der Waals surface area contributed by atoms with Gasteiger partial charge in [-0.25, -0.2) is 0 Å². The van der Waals surface area contributed by atoms with Crippen LogP contribution in [0.2, 0.25) is 0 Å². The molecule has 110 valence electrons. The Morgan fingerprint density at radius 2 is 1.95 bits per heavy atom. The molecule has 4 nitrogen and oxygen atoms in total. The maximum Gasteiger partial charge on any atom is 0.405 e. The normalized spacial score (nSPS) is 12.3. The Bertz CT molecular complexity index is 423. The van der Waals surface area contributed by atoms with E-state index in [1.807, 2.05) is 6.92 Å². The van der Waals surface area contributed by atoms with Gasteiger partial charge in [0.15, 0.2) is 0 Å². The second-order valence-corrected chi connectivity index (χ2v) is 4.88. The molecule has 1 aromatic heterocycles. The fourth-order valence-electron chi connectivity index (χ4n) is 2.13. The lowest BCUT2D eigenvalue weighted by atomic mass is 10.2. The van der Waals surface area contributed by atoms with Crippen molar-refractivity contribution in [2.75, 3.05) is 18.5 Å². The molecule has 0 radical (unpaired) electrons. The van der Waals surface area contributed by atoms with Crippen LogP contribution in [0.25, 0.3) is 0 Å². The van der Waals surface area contributed by atoms with Gasteiger partial charge in [-0.3, -0.25) is 4.68 Å². The Hall–Kier alpha value is -1.24. The number of anilines is 1. The molecule has 0 aliphatic rings. The van der Waals surface area contributed by atoms with Crippen molar-refractivity contribution in [2.24, 2.45) is 7.05 Å². The summed E-state index contributed by atoms with van der Waals surface area (Å²) in [6.45, 7) is 4.83. The van der Waals surface area contributed by atoms with Gasteiger partial charge in [0.25, 0.3) is 0 Å². The molecular formula is C12H21F3N4. The van der Waals surface area contributed by atoms with Gasteiger partial charge in [-0.2, -0.15) is 18.3 Å². The lowest BCUT2D eigenvalue weighted by Crippen LogP contribution is -2.41. The van der Waals surface area contributed by atoms with Crippen LogP contribution in [0.1, 0.15) is 25.1 Å². The smallest absolute Gasteiger partial charge is 0.345 e. The SMILES string of the molecule is CNCc1c(C)nn(C)c1N(CC(F)(F)F)C(C)C. The second kappa shape index (κ2) is 5.81. The maximum atomic E-state index is 12.7. The quantitative estimate of drug-likeness (QED) is 0.896. The van der Waals surface area contributed by atoms with Crippen molar-refractivity contribution in [3.8, 4) is 0 Å². The van der Waals surface area contributed by atoms with Crippen LogP contribution >= 0.6 is 0 Å². The molecule has 7 heteroatoms. The van der Waals surface area contributed by atoms with Gasteiger partial charge in [0.1, 0.15) is 12.4 Å². The zero-order valence-corrected chi connectivity index (χ0v) is 12.0. The minimum Gasteiger partial charge on any atom is -0.345 e. The molecule has 0 amide bonds. The molecule has 1 aromatic rings. The third kappa shape index (κ3) is 3.86. The van der Waals surface area contributed by atoms with Crippen molar-refractivity contribution < 1.29 is 13.2 Å². The maximum absolute atomic E-state index is 12.7. The fraction of sp³-hybridized carbons (Fsp3) is 0.750. The highest BCUT2D eigenvalue weighted by Gasteiger charge is 2.34. The Balaban J connectivity index is 3.22. The van der Waals surface area contributed by atoms with E-state index in [1.54, 1.807) is 27.9 Å². The molecule has 0 saturated carbocycles. The number of nitrogens with one attached hydrogen (secondary N) is 1. The van der Waals surface area contributed by atoms with E-state index in [2.05, 4.69) is 10.4 Å². The third-order valence-electron chi connectivity index (χ3n) is 2.91. The average Bonchev–Trinajstić information content (AvgIpc) is 2.50. The van der Waals surface area contributed by atoms with Gasteiger partial charge in [-0.15, -0.1) is 0 Å². The molecule has 0 aliphatic heterocycles. The molecule has 0 saturated heterocycles. The standard InChI is InChI=1S/C12H21F3N4/c1-8(2)19(7-12(13,14)15)11-10(6-16-4)9(3)17-18(11)5/h8,16H,6-7H2,1-5H3. The predicted molar refractivity (Wildman–Crippen MR) is 69.2 cm³/mol. The molecule has 19 heavy (non-hydrogen) atoms. The molecule has 0 aromatic carbocycles. The second-order valence-electron chi connectivity index (χ2n) is 4.88. The van der Waals surface area contributed by atoms with E-state index in [9.17, 15) is 13.2 Å². The van der Waals surface area contributed by atoms with Crippen LogP contribution in [0.15, 0.2) is 0 Å². The first-order valence-electron chi connectivity index (χ1n) is 6.17. The minimum absolute atomic E-state index is 0.257. The van der Waals surface area contributed by atoms with Gasteiger partial charge in [-0.1, -0.05) is 0 Å². The van der Waals surface area contributed by atoms with Crippen LogP contribution in [0.3, 0.4) is 0 Å². The Labute approximate surface area is 111 Å². The lowest BCUT2D eigenvalue weighted by Gasteiger charge is -2.30. The van der Waals surface area contributed by atoms with E-state index in [1.165, 1.54) is 9.58 Å². The molecule has 1 rings (SSSR count). The first kappa shape index (κ1) is 15.8. The molecular weight excluding hydrogens is 257 g/mol. The molecule has 0 spiro atoms. The number of nitrogens with zero attached hydrogens (tertiary/aromatic N) is 3. The molecule has 0 unspecified atom stereocenters. The Morgan fingerprint density at radius 3 is 2.37 bits per heavy atom. The zero-order chi connectivity index (χ0) is 14.8. The molecule has 1 heterocycles. The predicted octanol–water partition coefficient (Wildman–Crippen LogP) is 2.23. The summed E-state index contributed by atoms with van der Waals surface area (Å²) in [6, 6.07) is -0.257. The fourth-order valence-corrected chi connectivity index (χ4v) is 2.13. The Morgan fingerprint density at radius 1 is 1.37 bits per heavy atom. The largest absolute Gasteiger partial charge is 0.405 e. The minimum atomic E-state index is -4.24. The number of aryl methyl sites for hydroxylation is 2. The summed E-state index contributed by atoms with van der Waals surface area (Å²) in [5.74, 6) is 0.527. The number of rotatable bonds is 5. The first-order chi connectivity index (χ1) is 8.67. The zero-order valence-electron chi connectivity index (χ0n) is 12.0. The van der Waals surface area contributed by atoms with Crippen molar-refractivity contribution in [3.05, 3.63) is 11.3 Å².